The predicted octanol–water partition coefficient (Wildman–Crippen LogP) is 3.34. The van der Waals surface area contributed by atoms with Crippen LogP contribution >= 0.6 is 0 Å². The van der Waals surface area contributed by atoms with Gasteiger partial charge in [-0.1, -0.05) is 60.7 Å². The van der Waals surface area contributed by atoms with Gasteiger partial charge in [-0.3, -0.25) is 9.59 Å². The molecule has 4 nitrogen and oxygen atoms in total. The maximum absolute atomic E-state index is 11.9. The molecule has 3 rings (SSSR count). The van der Waals surface area contributed by atoms with Crippen LogP contribution in [0.2, 0.25) is 0 Å². The van der Waals surface area contributed by atoms with E-state index in [1.165, 1.54) is 5.56 Å². The van der Waals surface area contributed by atoms with Crippen LogP contribution in [0.5, 0.6) is 0 Å². The Bertz CT molecular complexity index is 917. The Hall–Kier alpha value is -3.40. The first-order chi connectivity index (χ1) is 12.6. The van der Waals surface area contributed by atoms with Crippen LogP contribution in [-0.2, 0) is 12.8 Å². The molecule has 4 heteroatoms. The van der Waals surface area contributed by atoms with E-state index in [2.05, 4.69) is 12.1 Å². The minimum Gasteiger partial charge on any atom is -0.366 e. The average Bonchev–Trinajstić information content (AvgIpc) is 2.66. The largest absolute Gasteiger partial charge is 0.366 e. The number of rotatable bonds is 6. The zero-order chi connectivity index (χ0) is 18.5. The molecule has 0 unspecified atom stereocenters. The van der Waals surface area contributed by atoms with E-state index in [0.29, 0.717) is 16.7 Å². The van der Waals surface area contributed by atoms with Crippen molar-refractivity contribution in [1.82, 2.24) is 0 Å². The van der Waals surface area contributed by atoms with Gasteiger partial charge < -0.3 is 11.5 Å². The lowest BCUT2D eigenvalue weighted by atomic mass is 9.88. The number of carbonyl (C=O) groups excluding carboxylic acids is 2. The molecular weight excluding hydrogens is 324 g/mol. The number of hydrogen-bond donors (Lipinski definition) is 2. The Balaban J connectivity index is 2.08. The van der Waals surface area contributed by atoms with Crippen LogP contribution < -0.4 is 11.5 Å². The summed E-state index contributed by atoms with van der Waals surface area (Å²) >= 11 is 0. The molecule has 4 N–H and O–H groups in total. The summed E-state index contributed by atoms with van der Waals surface area (Å²) in [4.78, 5) is 23.9. The monoisotopic (exact) mass is 344 g/mol. The van der Waals surface area contributed by atoms with E-state index >= 15 is 0 Å². The molecule has 0 atom stereocenters. The fourth-order valence-corrected chi connectivity index (χ4v) is 3.16. The van der Waals surface area contributed by atoms with Crippen molar-refractivity contribution in [3.05, 3.63) is 95.1 Å². The third kappa shape index (κ3) is 3.64. The fourth-order valence-electron chi connectivity index (χ4n) is 3.16. The third-order valence-electron chi connectivity index (χ3n) is 4.41. The van der Waals surface area contributed by atoms with Gasteiger partial charge in [-0.2, -0.15) is 0 Å². The van der Waals surface area contributed by atoms with E-state index in [1.54, 1.807) is 18.2 Å². The van der Waals surface area contributed by atoms with Crippen LogP contribution in [0, 0.1) is 0 Å². The highest BCUT2D eigenvalue weighted by atomic mass is 16.1. The van der Waals surface area contributed by atoms with Gasteiger partial charge in [-0.25, -0.2) is 0 Å². The van der Waals surface area contributed by atoms with Gasteiger partial charge in [-0.15, -0.1) is 0 Å². The quantitative estimate of drug-likeness (QED) is 0.718. The Morgan fingerprint density at radius 1 is 0.654 bits per heavy atom. The Morgan fingerprint density at radius 3 is 1.85 bits per heavy atom. The molecule has 0 heterocycles. The van der Waals surface area contributed by atoms with Crippen LogP contribution in [0.25, 0.3) is 11.1 Å². The Labute approximate surface area is 152 Å². The first kappa shape index (κ1) is 17.4. The molecule has 0 aliphatic rings. The van der Waals surface area contributed by atoms with Crippen molar-refractivity contribution in [2.75, 3.05) is 0 Å². The van der Waals surface area contributed by atoms with Crippen molar-refractivity contribution in [3.63, 3.8) is 0 Å². The van der Waals surface area contributed by atoms with Gasteiger partial charge in [0.15, 0.2) is 0 Å². The van der Waals surface area contributed by atoms with Crippen molar-refractivity contribution in [1.29, 1.82) is 0 Å². The topological polar surface area (TPSA) is 86.2 Å². The zero-order valence-electron chi connectivity index (χ0n) is 14.3. The van der Waals surface area contributed by atoms with Gasteiger partial charge in [0, 0.05) is 16.7 Å². The molecule has 0 aliphatic carbocycles. The van der Waals surface area contributed by atoms with Crippen molar-refractivity contribution in [2.45, 2.75) is 12.8 Å². The summed E-state index contributed by atoms with van der Waals surface area (Å²) < 4.78 is 0. The van der Waals surface area contributed by atoms with E-state index in [0.717, 1.165) is 24.0 Å². The summed E-state index contributed by atoms with van der Waals surface area (Å²) in [7, 11) is 0. The van der Waals surface area contributed by atoms with Crippen LogP contribution in [0.15, 0.2) is 72.8 Å². The first-order valence-corrected chi connectivity index (χ1v) is 8.42. The van der Waals surface area contributed by atoms with E-state index in [-0.39, 0.29) is 0 Å². The summed E-state index contributed by atoms with van der Waals surface area (Å²) in [5.74, 6) is -1.16. The summed E-state index contributed by atoms with van der Waals surface area (Å²) in [5.41, 5.74) is 15.3. The molecule has 0 saturated carbocycles. The number of hydrogen-bond acceptors (Lipinski definition) is 2. The number of carbonyl (C=O) groups is 2. The molecule has 26 heavy (non-hydrogen) atoms. The molecule has 0 bridgehead atoms. The smallest absolute Gasteiger partial charge is 0.249 e. The maximum Gasteiger partial charge on any atom is 0.249 e. The van der Waals surface area contributed by atoms with E-state index < -0.39 is 11.8 Å². The SMILES string of the molecule is NC(=O)c1cccc(C(N)=O)c1-c1ccccc1CCc1ccccc1. The normalized spacial score (nSPS) is 10.5. The second kappa shape index (κ2) is 7.66. The number of nitrogens with two attached hydrogens (primary N) is 2. The highest BCUT2D eigenvalue weighted by molar-refractivity contribution is 6.08. The molecular formula is C22H20N2O2. The van der Waals surface area contributed by atoms with E-state index in [4.69, 9.17) is 11.5 Å². The van der Waals surface area contributed by atoms with Crippen molar-refractivity contribution in [2.24, 2.45) is 11.5 Å². The Morgan fingerprint density at radius 2 is 1.23 bits per heavy atom. The van der Waals surface area contributed by atoms with Gasteiger partial charge in [0.25, 0.3) is 0 Å². The van der Waals surface area contributed by atoms with Crippen molar-refractivity contribution < 1.29 is 9.59 Å². The van der Waals surface area contributed by atoms with Gasteiger partial charge in [0.2, 0.25) is 11.8 Å². The molecule has 0 aromatic heterocycles. The Kier molecular flexibility index (Phi) is 5.13. The summed E-state index contributed by atoms with van der Waals surface area (Å²) in [6.45, 7) is 0. The third-order valence-corrected chi connectivity index (χ3v) is 4.41. The molecule has 0 saturated heterocycles. The predicted molar refractivity (Wildman–Crippen MR) is 103 cm³/mol. The molecule has 130 valence electrons. The number of benzene rings is 3. The second-order valence-corrected chi connectivity index (χ2v) is 6.10. The highest BCUT2D eigenvalue weighted by Crippen LogP contribution is 2.31. The van der Waals surface area contributed by atoms with Crippen LogP contribution in [0.4, 0.5) is 0 Å². The number of aryl methyl sites for hydroxylation is 2. The fraction of sp³-hybridized carbons (Fsp3) is 0.0909. The van der Waals surface area contributed by atoms with Gasteiger partial charge in [0.05, 0.1) is 0 Å². The standard InChI is InChI=1S/C22H20N2O2/c23-21(25)18-11-6-12-19(22(24)26)20(18)17-10-5-4-9-16(17)14-13-15-7-2-1-3-8-15/h1-12H,13-14H2,(H2,23,25)(H2,24,26). The molecule has 0 fully saturated rings. The molecule has 0 radical (unpaired) electrons. The minimum absolute atomic E-state index is 0.300. The molecule has 0 aliphatic heterocycles. The number of primary amides is 2. The minimum atomic E-state index is -0.582. The molecule has 3 aromatic rings. The summed E-state index contributed by atoms with van der Waals surface area (Å²) in [6, 6.07) is 22.7. The van der Waals surface area contributed by atoms with Crippen LogP contribution in [-0.4, -0.2) is 11.8 Å². The van der Waals surface area contributed by atoms with Crippen molar-refractivity contribution >= 4 is 11.8 Å². The molecule has 3 aromatic carbocycles. The van der Waals surface area contributed by atoms with E-state index in [1.807, 2.05) is 42.5 Å². The average molecular weight is 344 g/mol. The van der Waals surface area contributed by atoms with Gasteiger partial charge in [-0.05, 0) is 41.7 Å². The molecule has 0 spiro atoms. The van der Waals surface area contributed by atoms with Gasteiger partial charge in [0.1, 0.15) is 0 Å². The van der Waals surface area contributed by atoms with Crippen LogP contribution in [0.3, 0.4) is 0 Å². The van der Waals surface area contributed by atoms with Crippen LogP contribution in [0.1, 0.15) is 31.8 Å². The lowest BCUT2D eigenvalue weighted by molar-refractivity contribution is 0.0999. The van der Waals surface area contributed by atoms with E-state index in [9.17, 15) is 9.59 Å². The maximum atomic E-state index is 11.9. The van der Waals surface area contributed by atoms with Crippen molar-refractivity contribution in [3.8, 4) is 11.1 Å². The summed E-state index contributed by atoms with van der Waals surface area (Å²) in [6.07, 6.45) is 1.62. The summed E-state index contributed by atoms with van der Waals surface area (Å²) in [5, 5.41) is 0. The number of amides is 2. The lowest BCUT2D eigenvalue weighted by Gasteiger charge is -2.15. The molecule has 2 amide bonds. The second-order valence-electron chi connectivity index (χ2n) is 6.10. The highest BCUT2D eigenvalue weighted by Gasteiger charge is 2.19. The van der Waals surface area contributed by atoms with Gasteiger partial charge >= 0.3 is 0 Å². The zero-order valence-corrected chi connectivity index (χ0v) is 14.3. The lowest BCUT2D eigenvalue weighted by Crippen LogP contribution is -2.18. The first-order valence-electron chi connectivity index (χ1n) is 8.42.